The number of hydrogen-bond acceptors (Lipinski definition) is 2. The molecule has 0 aliphatic rings. The second-order valence-electron chi connectivity index (χ2n) is 2.85. The van der Waals surface area contributed by atoms with Crippen LogP contribution in [0.3, 0.4) is 0 Å². The second-order valence-corrected chi connectivity index (χ2v) is 4.28. The number of nitrogens with two attached hydrogens (primary N) is 1. The van der Waals surface area contributed by atoms with Crippen molar-refractivity contribution >= 4 is 10.8 Å². The Labute approximate surface area is 79.4 Å². The zero-order valence-corrected chi connectivity index (χ0v) is 8.23. The highest BCUT2D eigenvalue weighted by atomic mass is 32.2. The highest BCUT2D eigenvalue weighted by molar-refractivity contribution is 7.83. The largest absolute Gasteiger partial charge is 0.326 e. The first kappa shape index (κ1) is 10.3. The molecular weight excluding hydrogens is 189 g/mol. The molecule has 72 valence electrons. The molecule has 1 unspecified atom stereocenters. The van der Waals surface area contributed by atoms with Gasteiger partial charge in [0.2, 0.25) is 0 Å². The van der Waals surface area contributed by atoms with E-state index < -0.39 is 10.8 Å². The van der Waals surface area contributed by atoms with Crippen molar-refractivity contribution in [3.63, 3.8) is 0 Å². The number of hydrogen-bond donors (Lipinski definition) is 1. The molecule has 0 saturated carbocycles. The van der Waals surface area contributed by atoms with Crippen LogP contribution in [0.2, 0.25) is 0 Å². The van der Waals surface area contributed by atoms with Crippen LogP contribution in [0.1, 0.15) is 11.1 Å². The van der Waals surface area contributed by atoms with Crippen molar-refractivity contribution in [2.75, 3.05) is 6.26 Å². The summed E-state index contributed by atoms with van der Waals surface area (Å²) in [4.78, 5) is 0. The minimum absolute atomic E-state index is 0.261. The Kier molecular flexibility index (Phi) is 3.57. The lowest BCUT2D eigenvalue weighted by Gasteiger charge is -2.02. The van der Waals surface area contributed by atoms with Gasteiger partial charge in [0.1, 0.15) is 5.82 Å². The Morgan fingerprint density at radius 1 is 1.54 bits per heavy atom. The molecule has 13 heavy (non-hydrogen) atoms. The van der Waals surface area contributed by atoms with Crippen molar-refractivity contribution in [1.82, 2.24) is 0 Å². The highest BCUT2D eigenvalue weighted by Crippen LogP contribution is 2.11. The summed E-state index contributed by atoms with van der Waals surface area (Å²) >= 11 is 0. The monoisotopic (exact) mass is 201 g/mol. The van der Waals surface area contributed by atoms with Crippen LogP contribution in [-0.4, -0.2) is 10.5 Å². The maximum atomic E-state index is 13.2. The van der Waals surface area contributed by atoms with Gasteiger partial charge in [-0.25, -0.2) is 4.39 Å². The van der Waals surface area contributed by atoms with Crippen molar-refractivity contribution in [1.29, 1.82) is 0 Å². The lowest BCUT2D eigenvalue weighted by Crippen LogP contribution is -2.00. The van der Waals surface area contributed by atoms with E-state index in [1.807, 2.05) is 0 Å². The van der Waals surface area contributed by atoms with E-state index in [1.54, 1.807) is 18.4 Å². The molecule has 0 radical (unpaired) electrons. The van der Waals surface area contributed by atoms with Gasteiger partial charge in [-0.3, -0.25) is 4.21 Å². The third-order valence-corrected chi connectivity index (χ3v) is 2.43. The summed E-state index contributed by atoms with van der Waals surface area (Å²) in [6.07, 6.45) is 1.55. The van der Waals surface area contributed by atoms with Gasteiger partial charge in [-0.2, -0.15) is 0 Å². The normalized spacial score (nSPS) is 12.8. The molecule has 0 amide bonds. The first-order chi connectivity index (χ1) is 6.13. The molecule has 0 spiro atoms. The molecule has 2 nitrogen and oxygen atoms in total. The fourth-order valence-electron chi connectivity index (χ4n) is 1.05. The van der Waals surface area contributed by atoms with Crippen LogP contribution < -0.4 is 5.73 Å². The van der Waals surface area contributed by atoms with Crippen LogP contribution in [0.15, 0.2) is 18.2 Å². The maximum Gasteiger partial charge on any atom is 0.127 e. The van der Waals surface area contributed by atoms with E-state index in [-0.39, 0.29) is 11.6 Å². The van der Waals surface area contributed by atoms with Crippen LogP contribution in [0.4, 0.5) is 4.39 Å². The number of halogens is 1. The van der Waals surface area contributed by atoms with Crippen LogP contribution in [0, 0.1) is 5.82 Å². The van der Waals surface area contributed by atoms with E-state index in [0.29, 0.717) is 12.1 Å². The van der Waals surface area contributed by atoms with Crippen LogP contribution >= 0.6 is 0 Å². The van der Waals surface area contributed by atoms with Crippen molar-refractivity contribution in [3.05, 3.63) is 35.1 Å². The highest BCUT2D eigenvalue weighted by Gasteiger charge is 2.04. The molecule has 2 N–H and O–H groups in total. The Morgan fingerprint density at radius 3 is 2.69 bits per heavy atom. The van der Waals surface area contributed by atoms with E-state index in [2.05, 4.69) is 0 Å². The molecule has 0 bridgehead atoms. The van der Waals surface area contributed by atoms with Crippen molar-refractivity contribution in [3.8, 4) is 0 Å². The van der Waals surface area contributed by atoms with Gasteiger partial charge in [0.15, 0.2) is 0 Å². The summed E-state index contributed by atoms with van der Waals surface area (Å²) in [5, 5.41) is 0. The molecule has 1 atom stereocenters. The van der Waals surface area contributed by atoms with Gasteiger partial charge < -0.3 is 5.73 Å². The van der Waals surface area contributed by atoms with Crippen LogP contribution in [0.25, 0.3) is 0 Å². The molecule has 1 rings (SSSR count). The Morgan fingerprint density at radius 2 is 2.23 bits per heavy atom. The topological polar surface area (TPSA) is 43.1 Å². The Balaban J connectivity index is 2.91. The summed E-state index contributed by atoms with van der Waals surface area (Å²) in [5.74, 6) is -0.0606. The van der Waals surface area contributed by atoms with Crippen molar-refractivity contribution < 1.29 is 8.60 Å². The van der Waals surface area contributed by atoms with Gasteiger partial charge in [0.25, 0.3) is 0 Å². The Hall–Kier alpha value is -0.740. The molecule has 1 aromatic rings. The van der Waals surface area contributed by atoms with E-state index in [1.165, 1.54) is 6.07 Å². The zero-order chi connectivity index (χ0) is 9.84. The third kappa shape index (κ3) is 2.90. The predicted octanol–water partition coefficient (Wildman–Crippen LogP) is 1.16. The molecule has 0 aliphatic carbocycles. The van der Waals surface area contributed by atoms with E-state index in [0.717, 1.165) is 5.56 Å². The smallest absolute Gasteiger partial charge is 0.127 e. The predicted molar refractivity (Wildman–Crippen MR) is 52.1 cm³/mol. The first-order valence-corrected chi connectivity index (χ1v) is 5.63. The van der Waals surface area contributed by atoms with Gasteiger partial charge in [-0.05, 0) is 11.6 Å². The fourth-order valence-corrected chi connectivity index (χ4v) is 1.73. The lowest BCUT2D eigenvalue weighted by atomic mass is 10.1. The molecule has 4 heteroatoms. The average Bonchev–Trinajstić information content (AvgIpc) is 2.08. The lowest BCUT2D eigenvalue weighted by molar-refractivity contribution is 0.613. The quantitative estimate of drug-likeness (QED) is 0.797. The molecular formula is C9H12FNOS. The number of benzene rings is 1. The molecule has 0 fully saturated rings. The molecule has 0 aliphatic heterocycles. The van der Waals surface area contributed by atoms with Gasteiger partial charge in [0.05, 0.1) is 5.75 Å². The molecule has 0 saturated heterocycles. The maximum absolute atomic E-state index is 13.2. The first-order valence-electron chi connectivity index (χ1n) is 3.91. The van der Waals surface area contributed by atoms with E-state index >= 15 is 0 Å². The van der Waals surface area contributed by atoms with Crippen molar-refractivity contribution in [2.45, 2.75) is 12.3 Å². The van der Waals surface area contributed by atoms with Gasteiger partial charge in [-0.1, -0.05) is 12.1 Å². The standard InChI is InChI=1S/C9H12FNOS/c1-13(12)6-8-3-2-7(5-11)4-9(8)10/h2-4H,5-6,11H2,1H3. The zero-order valence-electron chi connectivity index (χ0n) is 7.42. The third-order valence-electron chi connectivity index (χ3n) is 1.71. The fraction of sp³-hybridized carbons (Fsp3) is 0.333. The van der Waals surface area contributed by atoms with Gasteiger partial charge in [-0.15, -0.1) is 0 Å². The van der Waals surface area contributed by atoms with Crippen LogP contribution in [-0.2, 0) is 23.1 Å². The van der Waals surface area contributed by atoms with Gasteiger partial charge >= 0.3 is 0 Å². The summed E-state index contributed by atoms with van der Waals surface area (Å²) < 4.78 is 24.0. The van der Waals surface area contributed by atoms with E-state index in [9.17, 15) is 8.60 Å². The second kappa shape index (κ2) is 4.48. The van der Waals surface area contributed by atoms with Gasteiger partial charge in [0, 0.05) is 29.2 Å². The average molecular weight is 201 g/mol. The molecule has 0 heterocycles. The summed E-state index contributed by atoms with van der Waals surface area (Å²) in [7, 11) is -1.01. The number of rotatable bonds is 3. The minimum atomic E-state index is -1.01. The van der Waals surface area contributed by atoms with Crippen LogP contribution in [0.5, 0.6) is 0 Å². The molecule has 1 aromatic carbocycles. The Bertz CT molecular complexity index is 327. The summed E-state index contributed by atoms with van der Waals surface area (Å²) in [6, 6.07) is 4.78. The summed E-state index contributed by atoms with van der Waals surface area (Å²) in [5.41, 5.74) is 6.58. The van der Waals surface area contributed by atoms with E-state index in [4.69, 9.17) is 5.73 Å². The SMILES string of the molecule is CS(=O)Cc1ccc(CN)cc1F. The summed E-state index contributed by atoms with van der Waals surface area (Å²) in [6.45, 7) is 0.326. The van der Waals surface area contributed by atoms with Crippen molar-refractivity contribution in [2.24, 2.45) is 5.73 Å². The minimum Gasteiger partial charge on any atom is -0.326 e. The molecule has 0 aromatic heterocycles.